The number of hydrogen-bond donors (Lipinski definition) is 2. The molecule has 1 fully saturated rings. The minimum atomic E-state index is -0.259. The Morgan fingerprint density at radius 1 is 0.848 bits per heavy atom. The average Bonchev–Trinajstić information content (AvgIpc) is 2.86. The third-order valence-corrected chi connectivity index (χ3v) is 5.52. The van der Waals surface area contributed by atoms with E-state index in [9.17, 15) is 9.59 Å². The predicted molar refractivity (Wildman–Crippen MR) is 128 cm³/mol. The van der Waals surface area contributed by atoms with Gasteiger partial charge in [0.1, 0.15) is 5.75 Å². The molecule has 3 aromatic rings. The molecule has 2 N–H and O–H groups in total. The summed E-state index contributed by atoms with van der Waals surface area (Å²) in [6.07, 6.45) is 1.53. The standard InChI is InChI=1S/C26H27N3O4/c1-32-23-11-5-6-12-24(23)33-22-15-13-21(14-16-22)27-25(30)19-8-7-17-29(18-19)26(31)28-20-9-3-2-4-10-20/h2-6,9-16,19H,7-8,17-18H2,1H3,(H,27,30)(H,28,31). The minimum Gasteiger partial charge on any atom is -0.493 e. The third-order valence-electron chi connectivity index (χ3n) is 5.52. The maximum Gasteiger partial charge on any atom is 0.321 e. The highest BCUT2D eigenvalue weighted by Gasteiger charge is 2.28. The van der Waals surface area contributed by atoms with Crippen LogP contribution in [0.15, 0.2) is 78.9 Å². The predicted octanol–water partition coefficient (Wildman–Crippen LogP) is 5.37. The molecule has 0 saturated carbocycles. The van der Waals surface area contributed by atoms with Crippen LogP contribution in [0.25, 0.3) is 0 Å². The number of likely N-dealkylation sites (tertiary alicyclic amines) is 1. The molecule has 1 unspecified atom stereocenters. The molecule has 1 atom stereocenters. The number of nitrogens with one attached hydrogen (secondary N) is 2. The lowest BCUT2D eigenvalue weighted by Gasteiger charge is -2.32. The number of para-hydroxylation sites is 3. The van der Waals surface area contributed by atoms with Crippen LogP contribution >= 0.6 is 0 Å². The number of hydrogen-bond acceptors (Lipinski definition) is 4. The molecule has 0 spiro atoms. The summed E-state index contributed by atoms with van der Waals surface area (Å²) in [5.74, 6) is 1.55. The SMILES string of the molecule is COc1ccccc1Oc1ccc(NC(=O)C2CCCN(C(=O)Nc3ccccc3)C2)cc1. The Hall–Kier alpha value is -4.00. The molecular formula is C26H27N3O4. The van der Waals surface area contributed by atoms with E-state index in [2.05, 4.69) is 10.6 Å². The number of piperidine rings is 1. The molecule has 7 nitrogen and oxygen atoms in total. The van der Waals surface area contributed by atoms with Crippen molar-refractivity contribution in [1.29, 1.82) is 0 Å². The van der Waals surface area contributed by atoms with Crippen molar-refractivity contribution in [2.75, 3.05) is 30.8 Å². The van der Waals surface area contributed by atoms with Gasteiger partial charge in [-0.05, 0) is 61.4 Å². The minimum absolute atomic E-state index is 0.0920. The molecule has 1 aliphatic heterocycles. The van der Waals surface area contributed by atoms with Crippen LogP contribution in [0.3, 0.4) is 0 Å². The topological polar surface area (TPSA) is 79.9 Å². The summed E-state index contributed by atoms with van der Waals surface area (Å²) in [7, 11) is 1.60. The van der Waals surface area contributed by atoms with Gasteiger partial charge in [0.2, 0.25) is 5.91 Å². The second kappa shape index (κ2) is 10.5. The highest BCUT2D eigenvalue weighted by molar-refractivity contribution is 5.94. The van der Waals surface area contributed by atoms with Gasteiger partial charge in [-0.3, -0.25) is 4.79 Å². The van der Waals surface area contributed by atoms with Crippen molar-refractivity contribution < 1.29 is 19.1 Å². The van der Waals surface area contributed by atoms with E-state index < -0.39 is 0 Å². The number of nitrogens with zero attached hydrogens (tertiary/aromatic N) is 1. The van der Waals surface area contributed by atoms with Crippen LogP contribution in [0, 0.1) is 5.92 Å². The Morgan fingerprint density at radius 3 is 2.24 bits per heavy atom. The first-order valence-electron chi connectivity index (χ1n) is 10.9. The zero-order chi connectivity index (χ0) is 23.0. The van der Waals surface area contributed by atoms with E-state index in [-0.39, 0.29) is 17.9 Å². The van der Waals surface area contributed by atoms with Gasteiger partial charge in [0.15, 0.2) is 11.5 Å². The first-order valence-corrected chi connectivity index (χ1v) is 10.9. The first-order chi connectivity index (χ1) is 16.1. The van der Waals surface area contributed by atoms with Crippen molar-refractivity contribution in [2.45, 2.75) is 12.8 Å². The van der Waals surface area contributed by atoms with Gasteiger partial charge in [-0.1, -0.05) is 30.3 Å². The van der Waals surface area contributed by atoms with Crippen LogP contribution in [0.4, 0.5) is 16.2 Å². The number of carbonyl (C=O) groups excluding carboxylic acids is 2. The Kier molecular flexibility index (Phi) is 7.09. The maximum absolute atomic E-state index is 12.8. The third kappa shape index (κ3) is 5.83. The van der Waals surface area contributed by atoms with Gasteiger partial charge in [0.05, 0.1) is 13.0 Å². The number of benzene rings is 3. The van der Waals surface area contributed by atoms with Gasteiger partial charge in [-0.25, -0.2) is 4.79 Å². The molecule has 1 saturated heterocycles. The van der Waals surface area contributed by atoms with E-state index in [1.807, 2.05) is 54.6 Å². The van der Waals surface area contributed by atoms with Crippen LogP contribution in [0.2, 0.25) is 0 Å². The van der Waals surface area contributed by atoms with Gasteiger partial charge in [0, 0.05) is 24.5 Å². The molecular weight excluding hydrogens is 418 g/mol. The van der Waals surface area contributed by atoms with Crippen molar-refractivity contribution in [3.63, 3.8) is 0 Å². The summed E-state index contributed by atoms with van der Waals surface area (Å²) in [5.41, 5.74) is 1.42. The number of ether oxygens (including phenoxy) is 2. The van der Waals surface area contributed by atoms with E-state index in [1.165, 1.54) is 0 Å². The average molecular weight is 446 g/mol. The number of methoxy groups -OCH3 is 1. The van der Waals surface area contributed by atoms with Crippen LogP contribution in [-0.4, -0.2) is 37.0 Å². The van der Waals surface area contributed by atoms with Gasteiger partial charge in [-0.2, -0.15) is 0 Å². The Labute approximate surface area is 193 Å². The summed E-state index contributed by atoms with van der Waals surface area (Å²) in [4.78, 5) is 27.1. The molecule has 33 heavy (non-hydrogen) atoms. The number of carbonyl (C=O) groups is 2. The molecule has 0 aliphatic carbocycles. The lowest BCUT2D eigenvalue weighted by molar-refractivity contribution is -0.121. The van der Waals surface area contributed by atoms with Gasteiger partial charge >= 0.3 is 6.03 Å². The van der Waals surface area contributed by atoms with Crippen molar-refractivity contribution in [3.8, 4) is 17.2 Å². The molecule has 0 aromatic heterocycles. The molecule has 3 aromatic carbocycles. The summed E-state index contributed by atoms with van der Waals surface area (Å²) in [5, 5.41) is 5.84. The van der Waals surface area contributed by atoms with Gasteiger partial charge < -0.3 is 25.0 Å². The molecule has 7 heteroatoms. The fourth-order valence-electron chi connectivity index (χ4n) is 3.78. The number of anilines is 2. The van der Waals surface area contributed by atoms with Crippen molar-refractivity contribution >= 4 is 23.3 Å². The van der Waals surface area contributed by atoms with Crippen LogP contribution in [-0.2, 0) is 4.79 Å². The van der Waals surface area contributed by atoms with Crippen molar-refractivity contribution in [2.24, 2.45) is 5.92 Å². The first kappa shape index (κ1) is 22.2. The molecule has 4 rings (SSSR count). The lowest BCUT2D eigenvalue weighted by Crippen LogP contribution is -2.45. The Balaban J connectivity index is 1.32. The van der Waals surface area contributed by atoms with E-state index in [4.69, 9.17) is 9.47 Å². The number of rotatable bonds is 6. The molecule has 170 valence electrons. The van der Waals surface area contributed by atoms with E-state index >= 15 is 0 Å². The number of urea groups is 1. The fraction of sp³-hybridized carbons (Fsp3) is 0.231. The molecule has 0 bridgehead atoms. The second-order valence-corrected chi connectivity index (χ2v) is 7.85. The molecule has 3 amide bonds. The van der Waals surface area contributed by atoms with Crippen LogP contribution in [0.5, 0.6) is 17.2 Å². The summed E-state index contributed by atoms with van der Waals surface area (Å²) < 4.78 is 11.2. The van der Waals surface area contributed by atoms with E-state index in [0.29, 0.717) is 36.0 Å². The summed E-state index contributed by atoms with van der Waals surface area (Å²) in [6.45, 7) is 1.02. The fourth-order valence-corrected chi connectivity index (χ4v) is 3.78. The molecule has 0 radical (unpaired) electrons. The second-order valence-electron chi connectivity index (χ2n) is 7.85. The Morgan fingerprint density at radius 2 is 1.52 bits per heavy atom. The van der Waals surface area contributed by atoms with Crippen molar-refractivity contribution in [3.05, 3.63) is 78.9 Å². The molecule has 1 aliphatic rings. The van der Waals surface area contributed by atoms with Crippen molar-refractivity contribution in [1.82, 2.24) is 4.90 Å². The maximum atomic E-state index is 12.8. The lowest BCUT2D eigenvalue weighted by atomic mass is 9.97. The van der Waals surface area contributed by atoms with E-state index in [0.717, 1.165) is 18.5 Å². The van der Waals surface area contributed by atoms with Gasteiger partial charge in [0.25, 0.3) is 0 Å². The normalized spacial score (nSPS) is 15.4. The van der Waals surface area contributed by atoms with Crippen LogP contribution in [0.1, 0.15) is 12.8 Å². The van der Waals surface area contributed by atoms with Crippen LogP contribution < -0.4 is 20.1 Å². The Bertz CT molecular complexity index is 1090. The summed E-state index contributed by atoms with van der Waals surface area (Å²) >= 11 is 0. The highest BCUT2D eigenvalue weighted by Crippen LogP contribution is 2.31. The summed E-state index contributed by atoms with van der Waals surface area (Å²) in [6, 6.07) is 23.7. The monoisotopic (exact) mass is 445 g/mol. The number of amides is 3. The highest BCUT2D eigenvalue weighted by atomic mass is 16.5. The largest absolute Gasteiger partial charge is 0.493 e. The van der Waals surface area contributed by atoms with Gasteiger partial charge in [-0.15, -0.1) is 0 Å². The smallest absolute Gasteiger partial charge is 0.321 e. The zero-order valence-corrected chi connectivity index (χ0v) is 18.5. The zero-order valence-electron chi connectivity index (χ0n) is 18.5. The molecule has 1 heterocycles. The van der Waals surface area contributed by atoms with E-state index in [1.54, 1.807) is 36.3 Å². The quantitative estimate of drug-likeness (QED) is 0.535.